The molecule has 0 atom stereocenters. The van der Waals surface area contributed by atoms with E-state index in [9.17, 15) is 0 Å². The zero-order valence-corrected chi connectivity index (χ0v) is 8.53. The predicted octanol–water partition coefficient (Wildman–Crippen LogP) is 4.12. The van der Waals surface area contributed by atoms with E-state index in [1.54, 1.807) is 0 Å². The molecule has 0 amide bonds. The van der Waals surface area contributed by atoms with Crippen molar-refractivity contribution in [2.45, 2.75) is 19.8 Å². The molecule has 0 bridgehead atoms. The van der Waals surface area contributed by atoms with Crippen LogP contribution < -0.4 is 0 Å². The molecule has 74 valence electrons. The van der Waals surface area contributed by atoms with Crippen LogP contribution in [0.1, 0.15) is 25.3 Å². The van der Waals surface area contributed by atoms with Gasteiger partial charge in [0.15, 0.2) is 0 Å². The van der Waals surface area contributed by atoms with E-state index in [1.807, 2.05) is 0 Å². The highest BCUT2D eigenvalue weighted by atomic mass is 19.0. The highest BCUT2D eigenvalue weighted by Crippen LogP contribution is 2.24. The number of hydrogen-bond acceptors (Lipinski definition) is 0. The molecule has 0 aliphatic rings. The third-order valence-electron chi connectivity index (χ3n) is 2.45. The largest absolute Gasteiger partial charge is 0.269 e. The molecule has 0 nitrogen and oxygen atoms in total. The summed E-state index contributed by atoms with van der Waals surface area (Å²) in [4.78, 5) is 0. The van der Waals surface area contributed by atoms with Gasteiger partial charge in [0, 0.05) is 0 Å². The first-order valence-electron chi connectivity index (χ1n) is 4.76. The van der Waals surface area contributed by atoms with Gasteiger partial charge in [-0.1, -0.05) is 56.3 Å². The lowest BCUT2D eigenvalue weighted by Crippen LogP contribution is -1.88. The van der Waals surface area contributed by atoms with Gasteiger partial charge in [0.2, 0.25) is 0 Å². The Hall–Kier alpha value is -1.37. The van der Waals surface area contributed by atoms with Gasteiger partial charge in [0.1, 0.15) is 0 Å². The van der Waals surface area contributed by atoms with Gasteiger partial charge >= 0.3 is 0 Å². The second-order valence-electron chi connectivity index (χ2n) is 3.72. The van der Waals surface area contributed by atoms with Crippen LogP contribution in [-0.2, 0) is 0 Å². The monoisotopic (exact) mass is 190 g/mol. The molecule has 14 heavy (non-hydrogen) atoms. The van der Waals surface area contributed by atoms with Gasteiger partial charge in [0.25, 0.3) is 0 Å². The average molecular weight is 190 g/mol. The van der Waals surface area contributed by atoms with E-state index < -0.39 is 0 Å². The van der Waals surface area contributed by atoms with Crippen molar-refractivity contribution in [3.8, 4) is 0 Å². The Kier molecular flexibility index (Phi) is 3.23. The highest BCUT2D eigenvalue weighted by molar-refractivity contribution is 5.86. The SMILES string of the molecule is CC(C)c1cccc2ccccc12.F. The maximum Gasteiger partial charge on any atom is -0.0149 e. The van der Waals surface area contributed by atoms with E-state index in [1.165, 1.54) is 16.3 Å². The fourth-order valence-corrected chi connectivity index (χ4v) is 1.75. The fourth-order valence-electron chi connectivity index (χ4n) is 1.75. The zero-order chi connectivity index (χ0) is 9.26. The minimum absolute atomic E-state index is 0. The van der Waals surface area contributed by atoms with E-state index in [-0.39, 0.29) is 4.70 Å². The van der Waals surface area contributed by atoms with E-state index in [0.717, 1.165) is 0 Å². The summed E-state index contributed by atoms with van der Waals surface area (Å²) >= 11 is 0. The lowest BCUT2D eigenvalue weighted by molar-refractivity contribution is 0.876. The number of benzene rings is 2. The number of hydrogen-bond donors (Lipinski definition) is 0. The fraction of sp³-hybridized carbons (Fsp3) is 0.231. The molecule has 0 radical (unpaired) electrons. The molecule has 2 aromatic carbocycles. The molecule has 0 aromatic heterocycles. The molecule has 0 aliphatic heterocycles. The Morgan fingerprint density at radius 1 is 0.857 bits per heavy atom. The van der Waals surface area contributed by atoms with Crippen molar-refractivity contribution >= 4 is 10.8 Å². The molecule has 2 rings (SSSR count). The predicted molar refractivity (Wildman–Crippen MR) is 60.5 cm³/mol. The van der Waals surface area contributed by atoms with Crippen molar-refractivity contribution in [3.05, 3.63) is 48.0 Å². The third kappa shape index (κ3) is 1.77. The second kappa shape index (κ2) is 4.23. The van der Waals surface area contributed by atoms with Crippen molar-refractivity contribution in [1.29, 1.82) is 0 Å². The smallest absolute Gasteiger partial charge is 0.0149 e. The van der Waals surface area contributed by atoms with Crippen molar-refractivity contribution in [1.82, 2.24) is 0 Å². The summed E-state index contributed by atoms with van der Waals surface area (Å²) in [6.45, 7) is 4.48. The first kappa shape index (κ1) is 10.7. The molecule has 0 saturated heterocycles. The Labute approximate surface area is 83.9 Å². The number of halogens is 1. The van der Waals surface area contributed by atoms with Gasteiger partial charge in [-0.2, -0.15) is 0 Å². The molecule has 0 spiro atoms. The molecular formula is C13H15F. The molecule has 0 fully saturated rings. The van der Waals surface area contributed by atoms with Crippen LogP contribution in [0.15, 0.2) is 42.5 Å². The molecule has 0 N–H and O–H groups in total. The molecule has 0 saturated carbocycles. The summed E-state index contributed by atoms with van der Waals surface area (Å²) in [6, 6.07) is 15.1. The van der Waals surface area contributed by atoms with Gasteiger partial charge < -0.3 is 0 Å². The topological polar surface area (TPSA) is 0 Å². The van der Waals surface area contributed by atoms with Crippen LogP contribution in [0.2, 0.25) is 0 Å². The Morgan fingerprint density at radius 3 is 2.21 bits per heavy atom. The highest BCUT2D eigenvalue weighted by Gasteiger charge is 2.02. The standard InChI is InChI=1S/C13H14.FH/c1-10(2)12-9-5-7-11-6-3-4-8-13(11)12;/h3-10H,1-2H3;1H. The number of rotatable bonds is 1. The van der Waals surface area contributed by atoms with Crippen LogP contribution in [0.25, 0.3) is 10.8 Å². The quantitative estimate of drug-likeness (QED) is 0.634. The molecule has 0 heterocycles. The minimum atomic E-state index is 0. The van der Waals surface area contributed by atoms with Crippen LogP contribution in [0.3, 0.4) is 0 Å². The van der Waals surface area contributed by atoms with Gasteiger partial charge in [-0.25, -0.2) is 0 Å². The van der Waals surface area contributed by atoms with Gasteiger partial charge in [-0.15, -0.1) is 0 Å². The van der Waals surface area contributed by atoms with Crippen molar-refractivity contribution < 1.29 is 4.70 Å². The summed E-state index contributed by atoms with van der Waals surface area (Å²) < 4.78 is 0. The van der Waals surface area contributed by atoms with Crippen LogP contribution in [-0.4, -0.2) is 0 Å². The summed E-state index contributed by atoms with van der Waals surface area (Å²) in [7, 11) is 0. The van der Waals surface area contributed by atoms with Crippen molar-refractivity contribution in [2.24, 2.45) is 0 Å². The van der Waals surface area contributed by atoms with Crippen LogP contribution in [0, 0.1) is 0 Å². The average Bonchev–Trinajstić information content (AvgIpc) is 2.17. The van der Waals surface area contributed by atoms with Crippen LogP contribution >= 0.6 is 0 Å². The Morgan fingerprint density at radius 2 is 1.50 bits per heavy atom. The lowest BCUT2D eigenvalue weighted by Gasteiger charge is -2.08. The Balaban J connectivity index is 0.000000980. The third-order valence-corrected chi connectivity index (χ3v) is 2.45. The second-order valence-corrected chi connectivity index (χ2v) is 3.72. The summed E-state index contributed by atoms with van der Waals surface area (Å²) in [6.07, 6.45) is 0. The first-order valence-corrected chi connectivity index (χ1v) is 4.76. The van der Waals surface area contributed by atoms with Gasteiger partial charge in [-0.05, 0) is 22.3 Å². The normalized spacial score (nSPS) is 10.2. The number of fused-ring (bicyclic) bond motifs is 1. The van der Waals surface area contributed by atoms with E-state index in [2.05, 4.69) is 56.3 Å². The van der Waals surface area contributed by atoms with E-state index >= 15 is 0 Å². The molecule has 2 aromatic rings. The molecule has 0 unspecified atom stereocenters. The van der Waals surface area contributed by atoms with Crippen LogP contribution in [0.4, 0.5) is 4.70 Å². The van der Waals surface area contributed by atoms with Crippen molar-refractivity contribution in [3.63, 3.8) is 0 Å². The zero-order valence-electron chi connectivity index (χ0n) is 8.53. The maximum absolute atomic E-state index is 2.24. The first-order chi connectivity index (χ1) is 6.29. The Bertz CT molecular complexity index is 413. The van der Waals surface area contributed by atoms with E-state index in [4.69, 9.17) is 0 Å². The van der Waals surface area contributed by atoms with Gasteiger partial charge in [0.05, 0.1) is 0 Å². The molecule has 1 heteroatoms. The maximum atomic E-state index is 2.24. The molecular weight excluding hydrogens is 175 g/mol. The van der Waals surface area contributed by atoms with Crippen LogP contribution in [0.5, 0.6) is 0 Å². The minimum Gasteiger partial charge on any atom is -0.269 e. The van der Waals surface area contributed by atoms with Crippen molar-refractivity contribution in [2.75, 3.05) is 0 Å². The van der Waals surface area contributed by atoms with Gasteiger partial charge in [-0.3, -0.25) is 4.70 Å². The lowest BCUT2D eigenvalue weighted by atomic mass is 9.96. The van der Waals surface area contributed by atoms with E-state index in [0.29, 0.717) is 5.92 Å². The molecule has 0 aliphatic carbocycles. The summed E-state index contributed by atoms with van der Waals surface area (Å²) in [5, 5.41) is 2.73. The summed E-state index contributed by atoms with van der Waals surface area (Å²) in [5.41, 5.74) is 1.44. The summed E-state index contributed by atoms with van der Waals surface area (Å²) in [5.74, 6) is 0.603.